The van der Waals surface area contributed by atoms with Gasteiger partial charge in [0.1, 0.15) is 0 Å². The fourth-order valence-electron chi connectivity index (χ4n) is 1.64. The molecule has 0 unspecified atom stereocenters. The third kappa shape index (κ3) is 10.2. The molecule has 1 rings (SSSR count). The summed E-state index contributed by atoms with van der Waals surface area (Å²) in [5.74, 6) is 0. The van der Waals surface area contributed by atoms with Gasteiger partial charge in [0, 0.05) is 0 Å². The van der Waals surface area contributed by atoms with E-state index in [1.165, 1.54) is 21.0 Å². The van der Waals surface area contributed by atoms with E-state index >= 15 is 0 Å². The molecule has 0 saturated heterocycles. The molecule has 1 aromatic rings. The molecule has 0 aliphatic heterocycles. The second kappa shape index (κ2) is 13.0. The monoisotopic (exact) mass is 256 g/mol. The molecule has 0 spiro atoms. The summed E-state index contributed by atoms with van der Waals surface area (Å²) >= 11 is -0.171. The molecule has 0 bridgehead atoms. The maximum absolute atomic E-state index is 2.32. The molecule has 17 heavy (non-hydrogen) atoms. The van der Waals surface area contributed by atoms with Crippen LogP contribution in [-0.4, -0.2) is 22.9 Å². The van der Waals surface area contributed by atoms with Crippen LogP contribution < -0.4 is 24.0 Å². The molecule has 0 aliphatic carbocycles. The summed E-state index contributed by atoms with van der Waals surface area (Å²) in [5.41, 5.74) is 0. The van der Waals surface area contributed by atoms with Crippen molar-refractivity contribution in [2.24, 2.45) is 0 Å². The van der Waals surface area contributed by atoms with Gasteiger partial charge in [-0.05, 0) is 14.1 Å². The molecule has 0 aromatic heterocycles. The molecule has 0 atom stereocenters. The molecular formula is C14H26AlLiSi. The molecule has 0 fully saturated rings. The first-order valence-corrected chi connectivity index (χ1v) is 11.5. The zero-order valence-corrected chi connectivity index (χ0v) is 14.7. The van der Waals surface area contributed by atoms with E-state index in [9.17, 15) is 0 Å². The maximum Gasteiger partial charge on any atom is 1.00 e. The minimum absolute atomic E-state index is 0. The molecule has 1 aromatic carbocycles. The van der Waals surface area contributed by atoms with Crippen molar-refractivity contribution in [3.8, 4) is 0 Å². The van der Waals surface area contributed by atoms with Crippen LogP contribution in [0.1, 0.15) is 20.8 Å². The minimum Gasteiger partial charge on any atom is -0.225 e. The molecule has 0 aliphatic rings. The molecule has 0 nitrogen and oxygen atoms in total. The van der Waals surface area contributed by atoms with E-state index in [4.69, 9.17) is 0 Å². The van der Waals surface area contributed by atoms with Crippen LogP contribution in [0.5, 0.6) is 0 Å². The van der Waals surface area contributed by atoms with Gasteiger partial charge in [-0.1, -0.05) is 48.6 Å². The molecule has 0 saturated carbocycles. The van der Waals surface area contributed by atoms with E-state index in [0.717, 1.165) is 0 Å². The standard InChI is InChI=1S/C8H11Si.3C2H5.Al.Li/c1-9(2)8-6-4-3-5-7-8;3*1-2;;/h3-7H,1-2H3;3*1H2,2H3;;/q;;;;-1;+1. The first-order chi connectivity index (χ1) is 7.65. The maximum atomic E-state index is 2.32. The fourth-order valence-corrected chi connectivity index (χ4v) is 4.23. The van der Waals surface area contributed by atoms with Crippen molar-refractivity contribution in [2.75, 3.05) is 0 Å². The van der Waals surface area contributed by atoms with E-state index in [1.54, 1.807) is 0 Å². The normalized spacial score (nSPS) is 9.59. The average Bonchev–Trinajstić information content (AvgIpc) is 2.33. The Labute approximate surface area is 126 Å². The third-order valence-electron chi connectivity index (χ3n) is 3.08. The number of hydrogen-bond donors (Lipinski definition) is 0. The van der Waals surface area contributed by atoms with Crippen LogP contribution in [0, 0.1) is 0 Å². The Morgan fingerprint density at radius 3 is 1.47 bits per heavy atom. The molecule has 0 amide bonds. The minimum atomic E-state index is -0.212. The smallest absolute Gasteiger partial charge is 0.225 e. The van der Waals surface area contributed by atoms with Crippen molar-refractivity contribution in [2.45, 2.75) is 49.7 Å². The van der Waals surface area contributed by atoms with Crippen LogP contribution in [0.25, 0.3) is 0 Å². The summed E-state index contributed by atoms with van der Waals surface area (Å²) < 4.78 is 0. The van der Waals surface area contributed by atoms with Crippen LogP contribution in [0.15, 0.2) is 30.3 Å². The number of hydrogen-bond acceptors (Lipinski definition) is 0. The summed E-state index contributed by atoms with van der Waals surface area (Å²) in [6.45, 7) is 11.6. The van der Waals surface area contributed by atoms with Crippen LogP contribution in [0.2, 0.25) is 28.9 Å². The number of rotatable bonds is 4. The quantitative estimate of drug-likeness (QED) is 0.710. The van der Waals surface area contributed by atoms with Gasteiger partial charge in [-0.3, -0.25) is 0 Å². The van der Waals surface area contributed by atoms with Gasteiger partial charge in [-0.25, -0.2) is 15.8 Å². The predicted molar refractivity (Wildman–Crippen MR) is 80.8 cm³/mol. The first-order valence-electron chi connectivity index (χ1n) is 6.51. The second-order valence-corrected chi connectivity index (χ2v) is 11.2. The summed E-state index contributed by atoms with van der Waals surface area (Å²) in [7, 11) is -0.212. The zero-order valence-electron chi connectivity index (χ0n) is 12.6. The molecule has 0 heterocycles. The fraction of sp³-hybridized carbons (Fsp3) is 0.571. The molecule has 90 valence electrons. The SMILES string of the molecule is C[CH2][Al-]([CH2]C)[CH2]C.C[Si](C)c1ccccc1.[Li+]. The van der Waals surface area contributed by atoms with Gasteiger partial charge < -0.3 is 0 Å². The summed E-state index contributed by atoms with van der Waals surface area (Å²) in [4.78, 5) is 0. The van der Waals surface area contributed by atoms with Gasteiger partial charge in [0.05, 0.1) is 8.80 Å². The molecular weight excluding hydrogens is 230 g/mol. The average molecular weight is 256 g/mol. The molecule has 2 radical (unpaired) electrons. The topological polar surface area (TPSA) is 0 Å². The van der Waals surface area contributed by atoms with Crippen molar-refractivity contribution >= 4 is 28.1 Å². The second-order valence-electron chi connectivity index (χ2n) is 4.46. The third-order valence-corrected chi connectivity index (χ3v) is 8.04. The van der Waals surface area contributed by atoms with E-state index in [-0.39, 0.29) is 41.8 Å². The van der Waals surface area contributed by atoms with E-state index < -0.39 is 0 Å². The Bertz CT molecular complexity index is 242. The molecule has 0 N–H and O–H groups in total. The van der Waals surface area contributed by atoms with Crippen LogP contribution >= 0.6 is 0 Å². The van der Waals surface area contributed by atoms with Gasteiger partial charge in [0.15, 0.2) is 0 Å². The largest absolute Gasteiger partial charge is 1.00 e. The van der Waals surface area contributed by atoms with Crippen molar-refractivity contribution in [3.63, 3.8) is 0 Å². The van der Waals surface area contributed by atoms with Crippen LogP contribution in [0.4, 0.5) is 0 Å². The van der Waals surface area contributed by atoms with E-state index in [1.807, 2.05) is 0 Å². The Balaban J connectivity index is 0. The van der Waals surface area contributed by atoms with Crippen LogP contribution in [-0.2, 0) is 0 Å². The van der Waals surface area contributed by atoms with E-state index in [2.05, 4.69) is 64.2 Å². The van der Waals surface area contributed by atoms with Gasteiger partial charge >= 0.3 is 18.9 Å². The van der Waals surface area contributed by atoms with Crippen LogP contribution in [0.3, 0.4) is 0 Å². The first kappa shape index (κ1) is 19.9. The zero-order chi connectivity index (χ0) is 12.4. The predicted octanol–water partition coefficient (Wildman–Crippen LogP) is 1.19. The van der Waals surface area contributed by atoms with Crippen molar-refractivity contribution < 1.29 is 18.9 Å². The van der Waals surface area contributed by atoms with Crippen molar-refractivity contribution in [1.82, 2.24) is 0 Å². The van der Waals surface area contributed by atoms with Gasteiger partial charge in [-0.2, -0.15) is 0 Å². The van der Waals surface area contributed by atoms with Gasteiger partial charge in [-0.15, -0.1) is 20.8 Å². The van der Waals surface area contributed by atoms with Gasteiger partial charge in [0.25, 0.3) is 0 Å². The summed E-state index contributed by atoms with van der Waals surface area (Å²) in [6, 6.07) is 10.7. The summed E-state index contributed by atoms with van der Waals surface area (Å²) in [5, 5.41) is 6.00. The number of benzene rings is 1. The van der Waals surface area contributed by atoms with Crippen molar-refractivity contribution in [1.29, 1.82) is 0 Å². The Kier molecular flexibility index (Phi) is 15.2. The Morgan fingerprint density at radius 1 is 0.882 bits per heavy atom. The Hall–Kier alpha value is 0.567. The van der Waals surface area contributed by atoms with E-state index in [0.29, 0.717) is 0 Å². The van der Waals surface area contributed by atoms with Crippen molar-refractivity contribution in [3.05, 3.63) is 30.3 Å². The molecule has 3 heteroatoms. The van der Waals surface area contributed by atoms with Gasteiger partial charge in [0.2, 0.25) is 0 Å². The summed E-state index contributed by atoms with van der Waals surface area (Å²) in [6.07, 6.45) is 0. The Morgan fingerprint density at radius 2 is 1.29 bits per heavy atom.